The van der Waals surface area contributed by atoms with Gasteiger partial charge in [0.1, 0.15) is 0 Å². The summed E-state index contributed by atoms with van der Waals surface area (Å²) in [6.07, 6.45) is 0. The Labute approximate surface area is 146 Å². The minimum atomic E-state index is 0.936. The first kappa shape index (κ1) is 15.6. The van der Waals surface area contributed by atoms with E-state index in [1.165, 1.54) is 7.14 Å². The van der Waals surface area contributed by atoms with Crippen molar-refractivity contribution < 1.29 is 0 Å². The van der Waals surface area contributed by atoms with Crippen molar-refractivity contribution in [2.75, 3.05) is 0 Å². The van der Waals surface area contributed by atoms with Gasteiger partial charge in [-0.25, -0.2) is 0 Å². The molecule has 2 aromatic rings. The fourth-order valence-electron chi connectivity index (χ4n) is 1.64. The SMILES string of the molecule is CC(=Nc1cccc(I)c1)C(C)=Nc1cccc(I)c1. The Balaban J connectivity index is 2.26. The third kappa shape index (κ3) is 4.66. The lowest BCUT2D eigenvalue weighted by atomic mass is 10.2. The van der Waals surface area contributed by atoms with E-state index in [2.05, 4.69) is 79.4 Å². The quantitative estimate of drug-likeness (QED) is 0.387. The van der Waals surface area contributed by atoms with Gasteiger partial charge in [0.25, 0.3) is 0 Å². The van der Waals surface area contributed by atoms with E-state index in [1.807, 2.05) is 38.1 Å². The third-order valence-electron chi connectivity index (χ3n) is 2.73. The zero-order chi connectivity index (χ0) is 14.5. The van der Waals surface area contributed by atoms with Gasteiger partial charge < -0.3 is 0 Å². The van der Waals surface area contributed by atoms with Crippen molar-refractivity contribution in [3.8, 4) is 0 Å². The smallest absolute Gasteiger partial charge is 0.0644 e. The maximum atomic E-state index is 4.62. The number of rotatable bonds is 3. The highest BCUT2D eigenvalue weighted by molar-refractivity contribution is 14.1. The molecule has 0 aliphatic rings. The van der Waals surface area contributed by atoms with Crippen LogP contribution in [0.1, 0.15) is 13.8 Å². The predicted octanol–water partition coefficient (Wildman–Crippen LogP) is 5.78. The Bertz CT molecular complexity index is 616. The summed E-state index contributed by atoms with van der Waals surface area (Å²) in [5, 5.41) is 0. The molecular weight excluding hydrogens is 474 g/mol. The summed E-state index contributed by atoms with van der Waals surface area (Å²) >= 11 is 4.58. The average Bonchev–Trinajstić information content (AvgIpc) is 2.38. The summed E-state index contributed by atoms with van der Waals surface area (Å²) in [5.74, 6) is 0. The molecule has 20 heavy (non-hydrogen) atoms. The van der Waals surface area contributed by atoms with Gasteiger partial charge in [-0.15, -0.1) is 0 Å². The van der Waals surface area contributed by atoms with E-state index >= 15 is 0 Å². The molecule has 0 radical (unpaired) electrons. The molecule has 0 amide bonds. The Morgan fingerprint density at radius 1 is 0.750 bits per heavy atom. The van der Waals surface area contributed by atoms with E-state index in [0.717, 1.165) is 22.8 Å². The molecule has 0 atom stereocenters. The van der Waals surface area contributed by atoms with Crippen LogP contribution in [0.5, 0.6) is 0 Å². The Morgan fingerprint density at radius 2 is 1.15 bits per heavy atom. The molecule has 0 fully saturated rings. The molecule has 0 aliphatic carbocycles. The van der Waals surface area contributed by atoms with Gasteiger partial charge >= 0.3 is 0 Å². The van der Waals surface area contributed by atoms with Crippen molar-refractivity contribution in [1.29, 1.82) is 0 Å². The summed E-state index contributed by atoms with van der Waals surface area (Å²) in [7, 11) is 0. The molecule has 4 heteroatoms. The molecule has 102 valence electrons. The molecule has 0 unspecified atom stereocenters. The zero-order valence-corrected chi connectivity index (χ0v) is 15.6. The van der Waals surface area contributed by atoms with Crippen LogP contribution in [-0.4, -0.2) is 11.4 Å². The normalized spacial score (nSPS) is 12.6. The number of halogens is 2. The number of hydrogen-bond acceptors (Lipinski definition) is 2. The zero-order valence-electron chi connectivity index (χ0n) is 11.3. The first-order valence-corrected chi connectivity index (χ1v) is 8.32. The molecular formula is C16H14I2N2. The van der Waals surface area contributed by atoms with Crippen LogP contribution < -0.4 is 0 Å². The molecule has 0 heterocycles. The van der Waals surface area contributed by atoms with Crippen LogP contribution in [0.15, 0.2) is 58.5 Å². The van der Waals surface area contributed by atoms with E-state index in [9.17, 15) is 0 Å². The Morgan fingerprint density at radius 3 is 1.50 bits per heavy atom. The molecule has 0 bridgehead atoms. The molecule has 2 nitrogen and oxygen atoms in total. The van der Waals surface area contributed by atoms with Gasteiger partial charge in [-0.2, -0.15) is 0 Å². The third-order valence-corrected chi connectivity index (χ3v) is 4.08. The molecule has 0 saturated heterocycles. The number of aliphatic imine (C=N–C) groups is 2. The summed E-state index contributed by atoms with van der Waals surface area (Å²) in [4.78, 5) is 9.24. The lowest BCUT2D eigenvalue weighted by Crippen LogP contribution is -2.04. The van der Waals surface area contributed by atoms with Gasteiger partial charge in [-0.1, -0.05) is 12.1 Å². The fourth-order valence-corrected chi connectivity index (χ4v) is 2.69. The average molecular weight is 488 g/mol. The van der Waals surface area contributed by atoms with Crippen molar-refractivity contribution in [3.05, 3.63) is 55.7 Å². The summed E-state index contributed by atoms with van der Waals surface area (Å²) in [6.45, 7) is 3.99. The molecule has 2 rings (SSSR count). The lowest BCUT2D eigenvalue weighted by molar-refractivity contribution is 1.46. The second-order valence-corrected chi connectivity index (χ2v) is 6.85. The van der Waals surface area contributed by atoms with E-state index < -0.39 is 0 Å². The van der Waals surface area contributed by atoms with Crippen molar-refractivity contribution in [3.63, 3.8) is 0 Å². The van der Waals surface area contributed by atoms with Crippen LogP contribution >= 0.6 is 45.2 Å². The van der Waals surface area contributed by atoms with Crippen LogP contribution in [0.25, 0.3) is 0 Å². The maximum Gasteiger partial charge on any atom is 0.0644 e. The highest BCUT2D eigenvalue weighted by Crippen LogP contribution is 2.18. The van der Waals surface area contributed by atoms with E-state index in [4.69, 9.17) is 0 Å². The molecule has 0 saturated carbocycles. The van der Waals surface area contributed by atoms with Gasteiger partial charge in [-0.05, 0) is 95.4 Å². The second-order valence-electron chi connectivity index (χ2n) is 4.35. The van der Waals surface area contributed by atoms with Crippen molar-refractivity contribution in [1.82, 2.24) is 0 Å². The molecule has 2 aromatic carbocycles. The Hall–Kier alpha value is -0.760. The van der Waals surface area contributed by atoms with Crippen molar-refractivity contribution in [2.45, 2.75) is 13.8 Å². The van der Waals surface area contributed by atoms with E-state index in [1.54, 1.807) is 0 Å². The largest absolute Gasteiger partial charge is 0.252 e. The van der Waals surface area contributed by atoms with Crippen LogP contribution in [0.4, 0.5) is 11.4 Å². The van der Waals surface area contributed by atoms with Crippen molar-refractivity contribution >= 4 is 68.0 Å². The van der Waals surface area contributed by atoms with E-state index in [-0.39, 0.29) is 0 Å². The minimum absolute atomic E-state index is 0.936. The van der Waals surface area contributed by atoms with E-state index in [0.29, 0.717) is 0 Å². The summed E-state index contributed by atoms with van der Waals surface area (Å²) in [6, 6.07) is 16.3. The predicted molar refractivity (Wildman–Crippen MR) is 104 cm³/mol. The fraction of sp³-hybridized carbons (Fsp3) is 0.125. The summed E-state index contributed by atoms with van der Waals surface area (Å²) in [5.41, 5.74) is 3.80. The molecule has 0 aromatic heterocycles. The topological polar surface area (TPSA) is 24.7 Å². The maximum absolute atomic E-state index is 4.62. The number of benzene rings is 2. The number of nitrogens with zero attached hydrogens (tertiary/aromatic N) is 2. The van der Waals surface area contributed by atoms with Crippen LogP contribution in [0, 0.1) is 7.14 Å². The lowest BCUT2D eigenvalue weighted by Gasteiger charge is -2.02. The monoisotopic (exact) mass is 488 g/mol. The van der Waals surface area contributed by atoms with Gasteiger partial charge in [0.05, 0.1) is 22.8 Å². The van der Waals surface area contributed by atoms with Gasteiger partial charge in [0, 0.05) is 7.14 Å². The van der Waals surface area contributed by atoms with Gasteiger partial charge in [0.15, 0.2) is 0 Å². The standard InChI is InChI=1S/C16H14I2N2/c1-11(19-15-7-3-5-13(17)9-15)12(2)20-16-8-4-6-14(18)10-16/h3-10H,1-2H3. The Kier molecular flexibility index (Phi) is 5.71. The first-order valence-electron chi connectivity index (χ1n) is 6.17. The molecule has 0 N–H and O–H groups in total. The van der Waals surface area contributed by atoms with Crippen LogP contribution in [-0.2, 0) is 0 Å². The number of hydrogen-bond donors (Lipinski definition) is 0. The van der Waals surface area contributed by atoms with Gasteiger partial charge in [-0.3, -0.25) is 9.98 Å². The van der Waals surface area contributed by atoms with Crippen LogP contribution in [0.3, 0.4) is 0 Å². The minimum Gasteiger partial charge on any atom is -0.252 e. The van der Waals surface area contributed by atoms with Crippen molar-refractivity contribution in [2.24, 2.45) is 9.98 Å². The second kappa shape index (κ2) is 7.31. The van der Waals surface area contributed by atoms with Crippen LogP contribution in [0.2, 0.25) is 0 Å². The highest BCUT2D eigenvalue weighted by Gasteiger charge is 2.00. The highest BCUT2D eigenvalue weighted by atomic mass is 127. The molecule has 0 spiro atoms. The molecule has 0 aliphatic heterocycles. The van der Waals surface area contributed by atoms with Gasteiger partial charge in [0.2, 0.25) is 0 Å². The first-order chi connectivity index (χ1) is 9.54. The summed E-state index contributed by atoms with van der Waals surface area (Å²) < 4.78 is 2.37.